The number of hydrogen-bond acceptors (Lipinski definition) is 3. The number of nitrogens with one attached hydrogen (secondary N) is 1. The van der Waals surface area contributed by atoms with E-state index in [-0.39, 0.29) is 5.91 Å². The Kier molecular flexibility index (Phi) is 4.71. The van der Waals surface area contributed by atoms with Crippen LogP contribution >= 0.6 is 0 Å². The average molecular weight is 299 g/mol. The van der Waals surface area contributed by atoms with Crippen molar-refractivity contribution in [3.8, 4) is 11.5 Å². The third kappa shape index (κ3) is 3.22. The Morgan fingerprint density at radius 2 is 1.59 bits per heavy atom. The number of ether oxygens (including phenoxy) is 2. The molecule has 2 aromatic carbocycles. The normalized spacial score (nSPS) is 10.9. The van der Waals surface area contributed by atoms with Crippen molar-refractivity contribution in [3.63, 3.8) is 0 Å². The topological polar surface area (TPSA) is 47.6 Å². The maximum absolute atomic E-state index is 12.6. The summed E-state index contributed by atoms with van der Waals surface area (Å²) < 4.78 is 10.4. The van der Waals surface area contributed by atoms with Crippen molar-refractivity contribution >= 4 is 11.6 Å². The van der Waals surface area contributed by atoms with E-state index in [1.165, 1.54) is 0 Å². The number of hydrogen-bond donors (Lipinski definition) is 1. The van der Waals surface area contributed by atoms with Gasteiger partial charge in [-0.3, -0.25) is 4.79 Å². The van der Waals surface area contributed by atoms with Crippen molar-refractivity contribution in [2.24, 2.45) is 0 Å². The highest BCUT2D eigenvalue weighted by Gasteiger charge is 2.29. The van der Waals surface area contributed by atoms with Gasteiger partial charge in [-0.05, 0) is 31.5 Å². The van der Waals surface area contributed by atoms with Crippen LogP contribution in [0.15, 0.2) is 48.5 Å². The molecule has 4 heteroatoms. The molecule has 0 aliphatic rings. The summed E-state index contributed by atoms with van der Waals surface area (Å²) >= 11 is 0. The second kappa shape index (κ2) is 6.52. The molecule has 0 atom stereocenters. The van der Waals surface area contributed by atoms with Crippen molar-refractivity contribution < 1.29 is 14.3 Å². The van der Waals surface area contributed by atoms with Gasteiger partial charge in [0.1, 0.15) is 0 Å². The van der Waals surface area contributed by atoms with Crippen LogP contribution in [0.4, 0.5) is 5.69 Å². The first-order valence-electron chi connectivity index (χ1n) is 7.08. The molecule has 0 radical (unpaired) electrons. The largest absolute Gasteiger partial charge is 0.493 e. The molecule has 0 unspecified atom stereocenters. The molecule has 0 aliphatic carbocycles. The maximum Gasteiger partial charge on any atom is 0.234 e. The Bertz CT molecular complexity index is 651. The number of amides is 1. The van der Waals surface area contributed by atoms with E-state index in [0.717, 1.165) is 5.56 Å². The summed E-state index contributed by atoms with van der Waals surface area (Å²) in [5, 5.41) is 2.93. The van der Waals surface area contributed by atoms with E-state index < -0.39 is 5.41 Å². The minimum absolute atomic E-state index is 0.0779. The number of benzene rings is 2. The number of anilines is 1. The van der Waals surface area contributed by atoms with Gasteiger partial charge in [-0.2, -0.15) is 0 Å². The number of methoxy groups -OCH3 is 2. The smallest absolute Gasteiger partial charge is 0.234 e. The van der Waals surface area contributed by atoms with E-state index in [1.54, 1.807) is 32.4 Å². The molecule has 0 aromatic heterocycles. The second-order valence-electron chi connectivity index (χ2n) is 5.51. The Morgan fingerprint density at radius 1 is 0.955 bits per heavy atom. The molecule has 22 heavy (non-hydrogen) atoms. The predicted molar refractivity (Wildman–Crippen MR) is 87.6 cm³/mol. The summed E-state index contributed by atoms with van der Waals surface area (Å²) in [6, 6.07) is 15.0. The molecule has 0 bridgehead atoms. The van der Waals surface area contributed by atoms with Crippen LogP contribution < -0.4 is 14.8 Å². The van der Waals surface area contributed by atoms with Gasteiger partial charge in [-0.25, -0.2) is 0 Å². The Hall–Kier alpha value is -2.49. The van der Waals surface area contributed by atoms with Crippen LogP contribution in [-0.2, 0) is 10.2 Å². The zero-order chi connectivity index (χ0) is 16.2. The lowest BCUT2D eigenvalue weighted by atomic mass is 9.83. The molecule has 4 nitrogen and oxygen atoms in total. The summed E-state index contributed by atoms with van der Waals surface area (Å²) in [4.78, 5) is 12.6. The summed E-state index contributed by atoms with van der Waals surface area (Å²) in [7, 11) is 3.14. The first kappa shape index (κ1) is 15.9. The lowest BCUT2D eigenvalue weighted by Crippen LogP contribution is -2.34. The van der Waals surface area contributed by atoms with Gasteiger partial charge in [-0.1, -0.05) is 30.3 Å². The van der Waals surface area contributed by atoms with Crippen LogP contribution in [0.3, 0.4) is 0 Å². The van der Waals surface area contributed by atoms with Gasteiger partial charge in [0.15, 0.2) is 11.5 Å². The summed E-state index contributed by atoms with van der Waals surface area (Å²) in [5.41, 5.74) is 1.01. The summed E-state index contributed by atoms with van der Waals surface area (Å²) in [6.07, 6.45) is 0. The molecule has 1 N–H and O–H groups in total. The average Bonchev–Trinajstić information content (AvgIpc) is 2.55. The summed E-state index contributed by atoms with van der Waals surface area (Å²) in [6.45, 7) is 3.80. The molecule has 0 aliphatic heterocycles. The quantitative estimate of drug-likeness (QED) is 0.917. The minimum Gasteiger partial charge on any atom is -0.493 e. The van der Waals surface area contributed by atoms with Gasteiger partial charge in [0, 0.05) is 11.8 Å². The molecule has 0 fully saturated rings. The molecule has 2 rings (SSSR count). The van der Waals surface area contributed by atoms with Crippen LogP contribution in [0.25, 0.3) is 0 Å². The summed E-state index contributed by atoms with van der Waals surface area (Å²) in [5.74, 6) is 1.13. The van der Waals surface area contributed by atoms with Gasteiger partial charge < -0.3 is 14.8 Å². The highest BCUT2D eigenvalue weighted by molar-refractivity contribution is 5.98. The van der Waals surface area contributed by atoms with Gasteiger partial charge in [0.2, 0.25) is 5.91 Å². The van der Waals surface area contributed by atoms with E-state index in [4.69, 9.17) is 9.47 Å². The van der Waals surface area contributed by atoms with E-state index in [2.05, 4.69) is 5.32 Å². The fraction of sp³-hybridized carbons (Fsp3) is 0.278. The highest BCUT2D eigenvalue weighted by atomic mass is 16.5. The fourth-order valence-corrected chi connectivity index (χ4v) is 2.19. The molecule has 116 valence electrons. The number of carbonyl (C=O) groups is 1. The van der Waals surface area contributed by atoms with Crippen LogP contribution in [0.1, 0.15) is 19.4 Å². The van der Waals surface area contributed by atoms with Gasteiger partial charge in [0.25, 0.3) is 0 Å². The van der Waals surface area contributed by atoms with E-state index >= 15 is 0 Å². The number of carbonyl (C=O) groups excluding carboxylic acids is 1. The van der Waals surface area contributed by atoms with E-state index in [1.807, 2.05) is 44.2 Å². The monoisotopic (exact) mass is 299 g/mol. The third-order valence-electron chi connectivity index (χ3n) is 3.70. The lowest BCUT2D eigenvalue weighted by molar-refractivity contribution is -0.120. The van der Waals surface area contributed by atoms with Gasteiger partial charge >= 0.3 is 0 Å². The maximum atomic E-state index is 12.6. The first-order chi connectivity index (χ1) is 10.5. The molecule has 0 spiro atoms. The minimum atomic E-state index is -0.631. The van der Waals surface area contributed by atoms with E-state index in [9.17, 15) is 4.79 Å². The molecular formula is C18H21NO3. The molecule has 2 aromatic rings. The third-order valence-corrected chi connectivity index (χ3v) is 3.70. The van der Waals surface area contributed by atoms with Crippen LogP contribution in [0.2, 0.25) is 0 Å². The first-order valence-corrected chi connectivity index (χ1v) is 7.08. The Labute approximate surface area is 131 Å². The van der Waals surface area contributed by atoms with Crippen LogP contribution in [0, 0.1) is 0 Å². The van der Waals surface area contributed by atoms with Gasteiger partial charge in [0.05, 0.1) is 19.6 Å². The van der Waals surface area contributed by atoms with Crippen molar-refractivity contribution in [1.29, 1.82) is 0 Å². The van der Waals surface area contributed by atoms with Crippen LogP contribution in [-0.4, -0.2) is 20.1 Å². The Morgan fingerprint density at radius 3 is 2.18 bits per heavy atom. The SMILES string of the molecule is COc1ccc(NC(=O)C(C)(C)c2ccccc2)cc1OC. The van der Waals surface area contributed by atoms with Crippen molar-refractivity contribution in [2.45, 2.75) is 19.3 Å². The fourth-order valence-electron chi connectivity index (χ4n) is 2.19. The predicted octanol–water partition coefficient (Wildman–Crippen LogP) is 3.62. The molecule has 0 saturated heterocycles. The van der Waals surface area contributed by atoms with Crippen molar-refractivity contribution in [3.05, 3.63) is 54.1 Å². The number of rotatable bonds is 5. The molecule has 0 saturated carbocycles. The van der Waals surface area contributed by atoms with Gasteiger partial charge in [-0.15, -0.1) is 0 Å². The highest BCUT2D eigenvalue weighted by Crippen LogP contribution is 2.31. The van der Waals surface area contributed by atoms with Crippen molar-refractivity contribution in [1.82, 2.24) is 0 Å². The Balaban J connectivity index is 2.21. The zero-order valence-electron chi connectivity index (χ0n) is 13.3. The van der Waals surface area contributed by atoms with Crippen molar-refractivity contribution in [2.75, 3.05) is 19.5 Å². The van der Waals surface area contributed by atoms with Crippen LogP contribution in [0.5, 0.6) is 11.5 Å². The molecular weight excluding hydrogens is 278 g/mol. The standard InChI is InChI=1S/C18H21NO3/c1-18(2,13-8-6-5-7-9-13)17(20)19-14-10-11-15(21-3)16(12-14)22-4/h5-12H,1-4H3,(H,19,20). The molecule has 1 amide bonds. The van der Waals surface area contributed by atoms with E-state index in [0.29, 0.717) is 17.2 Å². The lowest BCUT2D eigenvalue weighted by Gasteiger charge is -2.24. The zero-order valence-corrected chi connectivity index (χ0v) is 13.3. The molecule has 0 heterocycles. The second-order valence-corrected chi connectivity index (χ2v) is 5.51.